The van der Waals surface area contributed by atoms with Crippen LogP contribution in [0.1, 0.15) is 81.0 Å². The van der Waals surface area contributed by atoms with Crippen molar-refractivity contribution < 1.29 is 4.74 Å². The van der Waals surface area contributed by atoms with Crippen LogP contribution in [-0.4, -0.2) is 17.6 Å². The maximum atomic E-state index is 6.03. The highest BCUT2D eigenvalue weighted by Gasteiger charge is 2.35. The topological polar surface area (TPSA) is 34.1 Å². The number of aromatic nitrogens is 1. The quantitative estimate of drug-likeness (QED) is 0.811. The molecule has 0 aromatic carbocycles. The summed E-state index contributed by atoms with van der Waals surface area (Å²) in [6.45, 7) is 10.5. The van der Waals surface area contributed by atoms with Crippen molar-refractivity contribution in [3.05, 3.63) is 15.6 Å². The van der Waals surface area contributed by atoms with E-state index in [4.69, 9.17) is 9.72 Å². The summed E-state index contributed by atoms with van der Waals surface area (Å²) in [5.41, 5.74) is 1.45. The highest BCUT2D eigenvalue weighted by Crippen LogP contribution is 2.46. The summed E-state index contributed by atoms with van der Waals surface area (Å²) < 4.78 is 6.03. The molecule has 0 aliphatic heterocycles. The van der Waals surface area contributed by atoms with Crippen LogP contribution in [0.4, 0.5) is 0 Å². The van der Waals surface area contributed by atoms with E-state index >= 15 is 0 Å². The van der Waals surface area contributed by atoms with Gasteiger partial charge in [0.25, 0.3) is 0 Å². The molecule has 0 bridgehead atoms. The molecule has 21 heavy (non-hydrogen) atoms. The second-order valence-electron chi connectivity index (χ2n) is 7.49. The van der Waals surface area contributed by atoms with Gasteiger partial charge in [0.1, 0.15) is 11.1 Å². The first-order valence-corrected chi connectivity index (χ1v) is 9.15. The molecule has 2 aliphatic rings. The normalized spacial score (nSPS) is 20.8. The first-order valence-electron chi connectivity index (χ1n) is 8.33. The van der Waals surface area contributed by atoms with Crippen molar-refractivity contribution in [2.45, 2.75) is 78.0 Å². The van der Waals surface area contributed by atoms with Crippen molar-refractivity contribution in [3.63, 3.8) is 0 Å². The van der Waals surface area contributed by atoms with Crippen LogP contribution in [0.5, 0.6) is 0 Å². The van der Waals surface area contributed by atoms with Gasteiger partial charge >= 0.3 is 0 Å². The van der Waals surface area contributed by atoms with Gasteiger partial charge in [-0.3, -0.25) is 0 Å². The number of hydrogen-bond donors (Lipinski definition) is 1. The molecule has 1 heterocycles. The molecule has 0 amide bonds. The average Bonchev–Trinajstić information content (AvgIpc) is 3.31. The molecule has 3 nitrogen and oxygen atoms in total. The number of ether oxygens (including phenoxy) is 1. The molecule has 3 rings (SSSR count). The van der Waals surface area contributed by atoms with E-state index in [1.165, 1.54) is 41.3 Å². The van der Waals surface area contributed by atoms with Crippen LogP contribution in [0.3, 0.4) is 0 Å². The monoisotopic (exact) mass is 308 g/mol. The van der Waals surface area contributed by atoms with Crippen molar-refractivity contribution in [2.24, 2.45) is 5.41 Å². The molecule has 1 N–H and O–H groups in total. The first-order chi connectivity index (χ1) is 9.99. The molecule has 2 saturated carbocycles. The molecule has 2 fully saturated rings. The average molecular weight is 308 g/mol. The van der Waals surface area contributed by atoms with Crippen LogP contribution in [0.2, 0.25) is 0 Å². The Kier molecular flexibility index (Phi) is 4.40. The number of rotatable bonds is 7. The molecule has 1 unspecified atom stereocenters. The minimum absolute atomic E-state index is 0.0931. The van der Waals surface area contributed by atoms with E-state index < -0.39 is 0 Å². The highest BCUT2D eigenvalue weighted by molar-refractivity contribution is 7.11. The third kappa shape index (κ3) is 3.85. The van der Waals surface area contributed by atoms with Crippen LogP contribution in [0.15, 0.2) is 0 Å². The van der Waals surface area contributed by atoms with Crippen molar-refractivity contribution in [1.29, 1.82) is 0 Å². The Labute approximate surface area is 132 Å². The molecule has 2 aliphatic carbocycles. The van der Waals surface area contributed by atoms with Crippen LogP contribution in [-0.2, 0) is 11.3 Å². The third-order valence-electron chi connectivity index (χ3n) is 4.18. The maximum Gasteiger partial charge on any atom is 0.123 e. The predicted octanol–water partition coefficient (Wildman–Crippen LogP) is 4.40. The first kappa shape index (κ1) is 15.4. The van der Waals surface area contributed by atoms with Gasteiger partial charge in [-0.15, -0.1) is 11.3 Å². The lowest BCUT2D eigenvalue weighted by molar-refractivity contribution is -0.0134. The van der Waals surface area contributed by atoms with Gasteiger partial charge in [-0.05, 0) is 38.0 Å². The zero-order chi connectivity index (χ0) is 15.0. The Morgan fingerprint density at radius 2 is 2.00 bits per heavy atom. The van der Waals surface area contributed by atoms with Gasteiger partial charge in [0.05, 0.1) is 5.69 Å². The van der Waals surface area contributed by atoms with Crippen molar-refractivity contribution in [3.8, 4) is 0 Å². The number of nitrogens with zero attached hydrogens (tertiary/aromatic N) is 1. The molecule has 0 radical (unpaired) electrons. The standard InChI is InChI=1S/C17H28N2OS/c1-5-20-15(17(2,3)4)16-19-14(11-6-7-11)13(21-16)10-18-12-8-9-12/h11-12,15,18H,5-10H2,1-4H3. The predicted molar refractivity (Wildman–Crippen MR) is 87.8 cm³/mol. The largest absolute Gasteiger partial charge is 0.371 e. The highest BCUT2D eigenvalue weighted by atomic mass is 32.1. The number of thiazole rings is 1. The van der Waals surface area contributed by atoms with Crippen LogP contribution in [0.25, 0.3) is 0 Å². The molecule has 118 valence electrons. The molecule has 0 spiro atoms. The van der Waals surface area contributed by atoms with Crippen LogP contribution in [0, 0.1) is 5.41 Å². The summed E-state index contributed by atoms with van der Waals surface area (Å²) in [7, 11) is 0. The Morgan fingerprint density at radius 3 is 2.52 bits per heavy atom. The van der Waals surface area contributed by atoms with E-state index in [-0.39, 0.29) is 11.5 Å². The maximum absolute atomic E-state index is 6.03. The Balaban J connectivity index is 1.81. The van der Waals surface area contributed by atoms with Gasteiger partial charge in [0.15, 0.2) is 0 Å². The molecule has 4 heteroatoms. The van der Waals surface area contributed by atoms with Crippen LogP contribution < -0.4 is 5.32 Å². The van der Waals surface area contributed by atoms with Gasteiger partial charge < -0.3 is 10.1 Å². The fraction of sp³-hybridized carbons (Fsp3) is 0.824. The smallest absolute Gasteiger partial charge is 0.123 e. The zero-order valence-electron chi connectivity index (χ0n) is 13.7. The fourth-order valence-electron chi connectivity index (χ4n) is 2.68. The molecular weight excluding hydrogens is 280 g/mol. The van der Waals surface area contributed by atoms with Gasteiger partial charge in [0, 0.05) is 30.0 Å². The van der Waals surface area contributed by atoms with Crippen molar-refractivity contribution in [1.82, 2.24) is 10.3 Å². The fourth-order valence-corrected chi connectivity index (χ4v) is 4.08. The lowest BCUT2D eigenvalue weighted by Gasteiger charge is -2.28. The molecule has 1 atom stereocenters. The van der Waals surface area contributed by atoms with Gasteiger partial charge in [-0.2, -0.15) is 0 Å². The molecule has 0 saturated heterocycles. The van der Waals surface area contributed by atoms with E-state index in [9.17, 15) is 0 Å². The minimum Gasteiger partial charge on any atom is -0.371 e. The zero-order valence-corrected chi connectivity index (χ0v) is 14.6. The van der Waals surface area contributed by atoms with Crippen LogP contribution >= 0.6 is 11.3 Å². The minimum atomic E-state index is 0.0931. The van der Waals surface area contributed by atoms with Gasteiger partial charge in [-0.25, -0.2) is 4.98 Å². The summed E-state index contributed by atoms with van der Waals surface area (Å²) >= 11 is 1.87. The van der Waals surface area contributed by atoms with Gasteiger partial charge in [0.2, 0.25) is 0 Å². The summed E-state index contributed by atoms with van der Waals surface area (Å²) in [4.78, 5) is 6.46. The summed E-state index contributed by atoms with van der Waals surface area (Å²) in [6, 6.07) is 0.757. The Hall–Kier alpha value is -0.450. The molecule has 1 aromatic rings. The van der Waals surface area contributed by atoms with E-state index in [1.807, 2.05) is 11.3 Å². The summed E-state index contributed by atoms with van der Waals surface area (Å²) in [5.74, 6) is 0.716. The summed E-state index contributed by atoms with van der Waals surface area (Å²) in [5, 5.41) is 4.83. The van der Waals surface area contributed by atoms with E-state index in [0.717, 1.165) is 19.2 Å². The van der Waals surface area contributed by atoms with E-state index in [1.54, 1.807) is 0 Å². The lowest BCUT2D eigenvalue weighted by Crippen LogP contribution is -2.21. The molecular formula is C17H28N2OS. The Bertz CT molecular complexity index is 483. The molecule has 1 aromatic heterocycles. The van der Waals surface area contributed by atoms with E-state index in [2.05, 4.69) is 33.0 Å². The SMILES string of the molecule is CCOC(c1nc(C2CC2)c(CNC2CC2)s1)C(C)(C)C. The van der Waals surface area contributed by atoms with E-state index in [0.29, 0.717) is 5.92 Å². The second-order valence-corrected chi connectivity index (χ2v) is 8.61. The van der Waals surface area contributed by atoms with Gasteiger partial charge in [-0.1, -0.05) is 20.8 Å². The van der Waals surface area contributed by atoms with Crippen molar-refractivity contribution in [2.75, 3.05) is 6.61 Å². The third-order valence-corrected chi connectivity index (χ3v) is 5.30. The summed E-state index contributed by atoms with van der Waals surface area (Å²) in [6.07, 6.45) is 5.42. The lowest BCUT2D eigenvalue weighted by atomic mass is 9.89. The number of nitrogens with one attached hydrogen (secondary N) is 1. The van der Waals surface area contributed by atoms with Crippen molar-refractivity contribution >= 4 is 11.3 Å². The Morgan fingerprint density at radius 1 is 1.29 bits per heavy atom. The number of hydrogen-bond acceptors (Lipinski definition) is 4. The second kappa shape index (κ2) is 5.98.